The second-order valence-corrected chi connectivity index (χ2v) is 9.06. The van der Waals surface area contributed by atoms with Crippen LogP contribution in [-0.2, 0) is 14.8 Å². The molecule has 0 saturated carbocycles. The lowest BCUT2D eigenvalue weighted by Gasteiger charge is -2.34. The molecule has 1 saturated heterocycles. The van der Waals surface area contributed by atoms with Crippen LogP contribution in [0, 0.1) is 0 Å². The molecule has 0 atom stereocenters. The Balaban J connectivity index is 1.54. The number of halogens is 1. The van der Waals surface area contributed by atoms with Crippen LogP contribution in [0.15, 0.2) is 57.9 Å². The SMILES string of the molecule is COc1ccc(S(=O)(=O)N2CCN(C(=O)COc3ccc(Br)cc3)CC2)cc1. The molecule has 0 unspecified atom stereocenters. The zero-order valence-corrected chi connectivity index (χ0v) is 17.8. The first-order chi connectivity index (χ1) is 13.4. The van der Waals surface area contributed by atoms with Gasteiger partial charge in [0, 0.05) is 30.7 Å². The molecule has 28 heavy (non-hydrogen) atoms. The van der Waals surface area contributed by atoms with Crippen LogP contribution in [0.3, 0.4) is 0 Å². The number of carbonyl (C=O) groups excluding carboxylic acids is 1. The highest BCUT2D eigenvalue weighted by Gasteiger charge is 2.30. The third kappa shape index (κ3) is 4.84. The average molecular weight is 469 g/mol. The van der Waals surface area contributed by atoms with E-state index in [4.69, 9.17) is 9.47 Å². The molecular formula is C19H21BrN2O5S. The van der Waals surface area contributed by atoms with E-state index in [-0.39, 0.29) is 30.5 Å². The number of carbonyl (C=O) groups is 1. The van der Waals surface area contributed by atoms with E-state index in [2.05, 4.69) is 15.9 Å². The average Bonchev–Trinajstić information content (AvgIpc) is 2.73. The van der Waals surface area contributed by atoms with Gasteiger partial charge in [-0.3, -0.25) is 4.79 Å². The van der Waals surface area contributed by atoms with Gasteiger partial charge in [-0.1, -0.05) is 15.9 Å². The number of ether oxygens (including phenoxy) is 2. The minimum atomic E-state index is -3.59. The van der Waals surface area contributed by atoms with Crippen LogP contribution in [0.2, 0.25) is 0 Å². The van der Waals surface area contributed by atoms with Crippen LogP contribution >= 0.6 is 15.9 Å². The second-order valence-electron chi connectivity index (χ2n) is 6.20. The number of sulfonamides is 1. The summed E-state index contributed by atoms with van der Waals surface area (Å²) in [7, 11) is -2.06. The van der Waals surface area contributed by atoms with E-state index in [9.17, 15) is 13.2 Å². The molecule has 7 nitrogen and oxygen atoms in total. The fraction of sp³-hybridized carbons (Fsp3) is 0.316. The van der Waals surface area contributed by atoms with Gasteiger partial charge in [0.25, 0.3) is 5.91 Å². The number of piperazine rings is 1. The molecule has 2 aromatic rings. The smallest absolute Gasteiger partial charge is 0.260 e. The number of hydrogen-bond donors (Lipinski definition) is 0. The molecule has 1 amide bonds. The summed E-state index contributed by atoms with van der Waals surface area (Å²) in [6.07, 6.45) is 0. The Bertz CT molecular complexity index is 908. The topological polar surface area (TPSA) is 76.2 Å². The Labute approximate surface area is 173 Å². The molecule has 0 aliphatic carbocycles. The highest BCUT2D eigenvalue weighted by atomic mass is 79.9. The summed E-state index contributed by atoms with van der Waals surface area (Å²) in [6.45, 7) is 1.08. The number of hydrogen-bond acceptors (Lipinski definition) is 5. The second kappa shape index (κ2) is 8.93. The molecule has 2 aromatic carbocycles. The van der Waals surface area contributed by atoms with Crippen molar-refractivity contribution in [3.8, 4) is 11.5 Å². The summed E-state index contributed by atoms with van der Waals surface area (Å²) >= 11 is 3.34. The summed E-state index contributed by atoms with van der Waals surface area (Å²) < 4.78 is 38.4. The van der Waals surface area contributed by atoms with Gasteiger partial charge in [0.05, 0.1) is 12.0 Å². The van der Waals surface area contributed by atoms with E-state index in [1.807, 2.05) is 12.1 Å². The van der Waals surface area contributed by atoms with Gasteiger partial charge in [-0.25, -0.2) is 8.42 Å². The third-order valence-electron chi connectivity index (χ3n) is 4.46. The number of amides is 1. The van der Waals surface area contributed by atoms with Gasteiger partial charge >= 0.3 is 0 Å². The van der Waals surface area contributed by atoms with E-state index in [1.54, 1.807) is 29.2 Å². The van der Waals surface area contributed by atoms with Crippen molar-refractivity contribution >= 4 is 31.9 Å². The quantitative estimate of drug-likeness (QED) is 0.650. The molecule has 1 heterocycles. The fourth-order valence-corrected chi connectivity index (χ4v) is 4.53. The van der Waals surface area contributed by atoms with Crippen LogP contribution in [-0.4, -0.2) is 63.4 Å². The van der Waals surface area contributed by atoms with Gasteiger partial charge in [-0.05, 0) is 48.5 Å². The lowest BCUT2D eigenvalue weighted by atomic mass is 10.3. The van der Waals surface area contributed by atoms with Crippen LogP contribution in [0.1, 0.15) is 0 Å². The Kier molecular flexibility index (Phi) is 6.58. The van der Waals surface area contributed by atoms with Gasteiger partial charge in [-0.2, -0.15) is 4.31 Å². The van der Waals surface area contributed by atoms with E-state index in [1.165, 1.54) is 23.5 Å². The highest BCUT2D eigenvalue weighted by Crippen LogP contribution is 2.21. The van der Waals surface area contributed by atoms with E-state index >= 15 is 0 Å². The first kappa shape index (κ1) is 20.6. The zero-order valence-electron chi connectivity index (χ0n) is 15.4. The van der Waals surface area contributed by atoms with E-state index in [0.29, 0.717) is 24.6 Å². The molecule has 0 radical (unpaired) electrons. The van der Waals surface area contributed by atoms with Crippen molar-refractivity contribution in [3.63, 3.8) is 0 Å². The number of methoxy groups -OCH3 is 1. The summed E-state index contributed by atoms with van der Waals surface area (Å²) in [4.78, 5) is 14.2. The van der Waals surface area contributed by atoms with Gasteiger partial charge in [0.1, 0.15) is 11.5 Å². The molecule has 0 aromatic heterocycles. The van der Waals surface area contributed by atoms with Crippen LogP contribution in [0.5, 0.6) is 11.5 Å². The molecule has 9 heteroatoms. The van der Waals surface area contributed by atoms with Crippen molar-refractivity contribution in [2.45, 2.75) is 4.90 Å². The minimum Gasteiger partial charge on any atom is -0.497 e. The summed E-state index contributed by atoms with van der Waals surface area (Å²) in [5.41, 5.74) is 0. The van der Waals surface area contributed by atoms with Crippen LogP contribution in [0.25, 0.3) is 0 Å². The minimum absolute atomic E-state index is 0.0765. The first-order valence-corrected chi connectivity index (χ1v) is 10.9. The van der Waals surface area contributed by atoms with Crippen LogP contribution in [0.4, 0.5) is 0 Å². The van der Waals surface area contributed by atoms with Gasteiger partial charge in [0.2, 0.25) is 10.0 Å². The lowest BCUT2D eigenvalue weighted by Crippen LogP contribution is -2.51. The molecule has 1 aliphatic rings. The maximum atomic E-state index is 12.8. The Hall–Kier alpha value is -2.10. The molecule has 3 rings (SSSR count). The third-order valence-corrected chi connectivity index (χ3v) is 6.91. The molecule has 150 valence electrons. The largest absolute Gasteiger partial charge is 0.497 e. The Morgan fingerprint density at radius 2 is 1.54 bits per heavy atom. The van der Waals surface area contributed by atoms with Gasteiger partial charge in [-0.15, -0.1) is 0 Å². The van der Waals surface area contributed by atoms with E-state index in [0.717, 1.165) is 4.47 Å². The van der Waals surface area contributed by atoms with E-state index < -0.39 is 10.0 Å². The van der Waals surface area contributed by atoms with Crippen LogP contribution < -0.4 is 9.47 Å². The van der Waals surface area contributed by atoms with Crippen molar-refractivity contribution in [2.75, 3.05) is 39.9 Å². The van der Waals surface area contributed by atoms with Crippen molar-refractivity contribution < 1.29 is 22.7 Å². The summed E-state index contributed by atoms with van der Waals surface area (Å²) in [5, 5.41) is 0. The number of benzene rings is 2. The Morgan fingerprint density at radius 3 is 2.11 bits per heavy atom. The fourth-order valence-electron chi connectivity index (χ4n) is 2.84. The number of rotatable bonds is 6. The van der Waals surface area contributed by atoms with Gasteiger partial charge < -0.3 is 14.4 Å². The highest BCUT2D eigenvalue weighted by molar-refractivity contribution is 9.10. The summed E-state index contributed by atoms with van der Waals surface area (Å²) in [6, 6.07) is 13.5. The predicted octanol–water partition coefficient (Wildman–Crippen LogP) is 2.37. The normalized spacial score (nSPS) is 15.3. The lowest BCUT2D eigenvalue weighted by molar-refractivity contribution is -0.134. The molecule has 0 N–H and O–H groups in total. The standard InChI is InChI=1S/C19H21BrN2O5S/c1-26-16-6-8-18(9-7-16)28(24,25)22-12-10-21(11-13-22)19(23)14-27-17-4-2-15(20)3-5-17/h2-9H,10-14H2,1H3. The first-order valence-electron chi connectivity index (χ1n) is 8.70. The molecule has 1 fully saturated rings. The Morgan fingerprint density at radius 1 is 0.964 bits per heavy atom. The zero-order chi connectivity index (χ0) is 20.1. The predicted molar refractivity (Wildman–Crippen MR) is 108 cm³/mol. The maximum absolute atomic E-state index is 12.8. The molecular weight excluding hydrogens is 448 g/mol. The monoisotopic (exact) mass is 468 g/mol. The van der Waals surface area contributed by atoms with Crippen molar-refractivity contribution in [2.24, 2.45) is 0 Å². The van der Waals surface area contributed by atoms with Crippen molar-refractivity contribution in [1.29, 1.82) is 0 Å². The van der Waals surface area contributed by atoms with Gasteiger partial charge in [0.15, 0.2) is 6.61 Å². The summed E-state index contributed by atoms with van der Waals surface area (Å²) in [5.74, 6) is 1.04. The molecule has 0 bridgehead atoms. The number of nitrogens with zero attached hydrogens (tertiary/aromatic N) is 2. The molecule has 0 spiro atoms. The maximum Gasteiger partial charge on any atom is 0.260 e. The van der Waals surface area contributed by atoms with Crippen molar-refractivity contribution in [1.82, 2.24) is 9.21 Å². The van der Waals surface area contributed by atoms with Crippen molar-refractivity contribution in [3.05, 3.63) is 53.0 Å². The molecule has 1 aliphatic heterocycles.